The third-order valence-electron chi connectivity index (χ3n) is 4.50. The van der Waals surface area contributed by atoms with E-state index in [2.05, 4.69) is 15.3 Å². The Morgan fingerprint density at radius 2 is 1.72 bits per heavy atom. The number of nitrogens with zero attached hydrogens (tertiary/aromatic N) is 3. The van der Waals surface area contributed by atoms with E-state index in [1.807, 2.05) is 85.8 Å². The fourth-order valence-electron chi connectivity index (χ4n) is 2.97. The van der Waals surface area contributed by atoms with E-state index in [1.165, 1.54) is 0 Å². The van der Waals surface area contributed by atoms with Gasteiger partial charge in [-0.25, -0.2) is 5.10 Å². The molecule has 0 aliphatic carbocycles. The molecule has 0 saturated heterocycles. The van der Waals surface area contributed by atoms with Crippen LogP contribution in [0.15, 0.2) is 84.0 Å². The van der Waals surface area contributed by atoms with Gasteiger partial charge < -0.3 is 4.74 Å². The summed E-state index contributed by atoms with van der Waals surface area (Å²) in [6, 6.07) is 25.9. The van der Waals surface area contributed by atoms with Crippen molar-refractivity contribution in [3.63, 3.8) is 0 Å². The van der Waals surface area contributed by atoms with Crippen LogP contribution >= 0.6 is 12.2 Å². The second-order valence-corrected chi connectivity index (χ2v) is 6.92. The first-order chi connectivity index (χ1) is 14.2. The highest BCUT2D eigenvalue weighted by molar-refractivity contribution is 7.71. The van der Waals surface area contributed by atoms with Crippen LogP contribution in [0.2, 0.25) is 0 Å². The predicted octanol–water partition coefficient (Wildman–Crippen LogP) is 5.38. The zero-order valence-electron chi connectivity index (χ0n) is 15.9. The lowest BCUT2D eigenvalue weighted by Gasteiger charge is -2.09. The average Bonchev–Trinajstić information content (AvgIpc) is 3.12. The number of hydrogen-bond donors (Lipinski definition) is 1. The normalized spacial score (nSPS) is 11.1. The first-order valence-corrected chi connectivity index (χ1v) is 9.67. The van der Waals surface area contributed by atoms with E-state index in [1.54, 1.807) is 10.9 Å². The molecule has 0 atom stereocenters. The van der Waals surface area contributed by atoms with Crippen molar-refractivity contribution in [1.82, 2.24) is 14.9 Å². The minimum Gasteiger partial charge on any atom is -0.488 e. The highest BCUT2D eigenvalue weighted by Crippen LogP contribution is 2.22. The molecule has 29 heavy (non-hydrogen) atoms. The van der Waals surface area contributed by atoms with Gasteiger partial charge in [-0.3, -0.25) is 0 Å². The second kappa shape index (κ2) is 8.67. The zero-order valence-corrected chi connectivity index (χ0v) is 16.8. The SMILES string of the molecule is Cc1ccccc1-c1n[nH]c(=S)n1/N=C\c1ccccc1OCc1ccccc1. The standard InChI is InChI=1S/C23H20N4OS/c1-17-9-5-7-13-20(17)22-25-26-23(29)27(22)24-15-19-12-6-8-14-21(19)28-16-18-10-3-2-4-11-18/h2-15H,16H2,1H3,(H,26,29)/b24-15-. The number of aryl methyl sites for hydroxylation is 1. The maximum Gasteiger partial charge on any atom is 0.216 e. The third-order valence-corrected chi connectivity index (χ3v) is 4.77. The van der Waals surface area contributed by atoms with Gasteiger partial charge in [-0.05, 0) is 42.4 Å². The fraction of sp³-hybridized carbons (Fsp3) is 0.0870. The van der Waals surface area contributed by atoms with Gasteiger partial charge in [-0.1, -0.05) is 66.7 Å². The maximum absolute atomic E-state index is 6.01. The summed E-state index contributed by atoms with van der Waals surface area (Å²) in [5.74, 6) is 1.43. The summed E-state index contributed by atoms with van der Waals surface area (Å²) in [6.45, 7) is 2.53. The van der Waals surface area contributed by atoms with E-state index in [4.69, 9.17) is 17.0 Å². The summed E-state index contributed by atoms with van der Waals surface area (Å²) < 4.78 is 8.07. The van der Waals surface area contributed by atoms with Gasteiger partial charge in [0.25, 0.3) is 0 Å². The van der Waals surface area contributed by atoms with Crippen molar-refractivity contribution in [2.75, 3.05) is 0 Å². The molecule has 3 aromatic carbocycles. The maximum atomic E-state index is 6.01. The predicted molar refractivity (Wildman–Crippen MR) is 118 cm³/mol. The van der Waals surface area contributed by atoms with Gasteiger partial charge in [-0.15, -0.1) is 0 Å². The van der Waals surface area contributed by atoms with Gasteiger partial charge in [0.05, 0.1) is 6.21 Å². The molecule has 144 valence electrons. The van der Waals surface area contributed by atoms with Crippen LogP contribution in [0, 0.1) is 11.7 Å². The molecule has 0 aliphatic heterocycles. The topological polar surface area (TPSA) is 55.2 Å². The summed E-state index contributed by atoms with van der Waals surface area (Å²) in [7, 11) is 0. The Balaban J connectivity index is 1.62. The summed E-state index contributed by atoms with van der Waals surface area (Å²) in [4.78, 5) is 0. The van der Waals surface area contributed by atoms with Crippen LogP contribution in [-0.2, 0) is 6.61 Å². The quantitative estimate of drug-likeness (QED) is 0.349. The molecule has 0 saturated carbocycles. The van der Waals surface area contributed by atoms with Crippen LogP contribution in [0.25, 0.3) is 11.4 Å². The van der Waals surface area contributed by atoms with Crippen LogP contribution in [-0.4, -0.2) is 21.1 Å². The Morgan fingerprint density at radius 3 is 2.55 bits per heavy atom. The molecule has 0 amide bonds. The molecule has 0 spiro atoms. The van der Waals surface area contributed by atoms with Crippen LogP contribution in [0.5, 0.6) is 5.75 Å². The van der Waals surface area contributed by atoms with E-state index in [9.17, 15) is 0 Å². The van der Waals surface area contributed by atoms with Crippen molar-refractivity contribution in [3.05, 3.63) is 100 Å². The van der Waals surface area contributed by atoms with Crippen LogP contribution in [0.4, 0.5) is 0 Å². The summed E-state index contributed by atoms with van der Waals surface area (Å²) in [5, 5.41) is 11.8. The van der Waals surface area contributed by atoms with Crippen molar-refractivity contribution in [3.8, 4) is 17.1 Å². The van der Waals surface area contributed by atoms with Crippen molar-refractivity contribution >= 4 is 18.4 Å². The lowest BCUT2D eigenvalue weighted by atomic mass is 10.1. The lowest BCUT2D eigenvalue weighted by molar-refractivity contribution is 0.306. The molecular formula is C23H20N4OS. The van der Waals surface area contributed by atoms with Gasteiger partial charge in [-0.2, -0.15) is 14.9 Å². The highest BCUT2D eigenvalue weighted by Gasteiger charge is 2.10. The Morgan fingerprint density at radius 1 is 1.00 bits per heavy atom. The van der Waals surface area contributed by atoms with Crippen LogP contribution < -0.4 is 4.74 Å². The average molecular weight is 401 g/mol. The molecule has 4 rings (SSSR count). The molecular weight excluding hydrogens is 380 g/mol. The van der Waals surface area contributed by atoms with E-state index in [0.29, 0.717) is 17.2 Å². The van der Waals surface area contributed by atoms with E-state index >= 15 is 0 Å². The summed E-state index contributed by atoms with van der Waals surface area (Å²) >= 11 is 5.38. The first-order valence-electron chi connectivity index (χ1n) is 9.26. The number of aromatic nitrogens is 3. The molecule has 0 bridgehead atoms. The minimum atomic E-state index is 0.433. The number of ether oxygens (including phenoxy) is 1. The first kappa shape index (κ1) is 18.8. The summed E-state index contributed by atoms with van der Waals surface area (Å²) in [6.07, 6.45) is 1.74. The summed E-state index contributed by atoms with van der Waals surface area (Å²) in [5.41, 5.74) is 4.05. The van der Waals surface area contributed by atoms with E-state index in [-0.39, 0.29) is 0 Å². The fourth-order valence-corrected chi connectivity index (χ4v) is 3.15. The number of aromatic amines is 1. The molecule has 0 radical (unpaired) electrons. The number of nitrogens with one attached hydrogen (secondary N) is 1. The Bertz CT molecular complexity index is 1190. The van der Waals surface area contributed by atoms with Crippen LogP contribution in [0.3, 0.4) is 0 Å². The highest BCUT2D eigenvalue weighted by atomic mass is 32.1. The Kier molecular flexibility index (Phi) is 5.63. The molecule has 0 unspecified atom stereocenters. The molecule has 1 aromatic heterocycles. The van der Waals surface area contributed by atoms with E-state index < -0.39 is 0 Å². The third kappa shape index (κ3) is 4.33. The largest absolute Gasteiger partial charge is 0.488 e. The van der Waals surface area contributed by atoms with Crippen molar-refractivity contribution in [1.29, 1.82) is 0 Å². The number of hydrogen-bond acceptors (Lipinski definition) is 4. The molecule has 0 fully saturated rings. The van der Waals surface area contributed by atoms with Gasteiger partial charge in [0, 0.05) is 11.1 Å². The molecule has 1 heterocycles. The number of H-pyrrole nitrogens is 1. The monoisotopic (exact) mass is 400 g/mol. The van der Waals surface area contributed by atoms with Crippen molar-refractivity contribution < 1.29 is 4.74 Å². The molecule has 5 nitrogen and oxygen atoms in total. The number of rotatable bonds is 6. The van der Waals surface area contributed by atoms with Gasteiger partial charge >= 0.3 is 0 Å². The number of para-hydroxylation sites is 1. The number of benzene rings is 3. The van der Waals surface area contributed by atoms with Gasteiger partial charge in [0.1, 0.15) is 12.4 Å². The molecule has 0 aliphatic rings. The lowest BCUT2D eigenvalue weighted by Crippen LogP contribution is -2.00. The van der Waals surface area contributed by atoms with E-state index in [0.717, 1.165) is 28.0 Å². The smallest absolute Gasteiger partial charge is 0.216 e. The second-order valence-electron chi connectivity index (χ2n) is 6.54. The zero-order chi connectivity index (χ0) is 20.1. The van der Waals surface area contributed by atoms with Crippen LogP contribution in [0.1, 0.15) is 16.7 Å². The molecule has 1 N–H and O–H groups in total. The van der Waals surface area contributed by atoms with Crippen molar-refractivity contribution in [2.45, 2.75) is 13.5 Å². The molecule has 4 aromatic rings. The molecule has 6 heteroatoms. The van der Waals surface area contributed by atoms with Crippen molar-refractivity contribution in [2.24, 2.45) is 5.10 Å². The van der Waals surface area contributed by atoms with Gasteiger partial charge in [0.15, 0.2) is 5.82 Å². The van der Waals surface area contributed by atoms with Gasteiger partial charge in [0.2, 0.25) is 4.77 Å². The minimum absolute atomic E-state index is 0.433. The Hall–Kier alpha value is -3.51. The Labute approximate surface area is 174 Å².